The van der Waals surface area contributed by atoms with Crippen LogP contribution in [-0.4, -0.2) is 19.1 Å². The molecule has 299 valence electrons. The molecule has 4 heterocycles. The van der Waals surface area contributed by atoms with Gasteiger partial charge in [0.15, 0.2) is 0 Å². The van der Waals surface area contributed by atoms with E-state index in [1.165, 1.54) is 12.1 Å². The molecule has 12 rings (SSSR count). The summed E-state index contributed by atoms with van der Waals surface area (Å²) < 4.78 is 43.0. The van der Waals surface area contributed by atoms with Gasteiger partial charge in [0, 0.05) is 53.5 Å². The summed E-state index contributed by atoms with van der Waals surface area (Å²) in [7, 11) is 0. The molecule has 0 aliphatic rings. The van der Waals surface area contributed by atoms with Gasteiger partial charge in [-0.15, -0.1) is 48.0 Å². The third-order valence-corrected chi connectivity index (χ3v) is 11.0. The zero-order valence-corrected chi connectivity index (χ0v) is 35.2. The van der Waals surface area contributed by atoms with Crippen LogP contribution in [0.15, 0.2) is 199 Å². The minimum absolute atomic E-state index is 0. The maximum Gasteiger partial charge on any atom is 0.150 e. The predicted molar refractivity (Wildman–Crippen MR) is 241 cm³/mol. The molecule has 62 heavy (non-hydrogen) atoms. The number of hydrogen-bond acceptors (Lipinski definition) is 3. The van der Waals surface area contributed by atoms with E-state index >= 15 is 8.78 Å². The van der Waals surface area contributed by atoms with Crippen molar-refractivity contribution >= 4 is 54.8 Å². The quantitative estimate of drug-likeness (QED) is 0.161. The number of halogens is 2. The van der Waals surface area contributed by atoms with Gasteiger partial charge < -0.3 is 18.5 Å². The first-order valence-electron chi connectivity index (χ1n) is 19.9. The molecule has 0 aliphatic heterocycles. The van der Waals surface area contributed by atoms with E-state index in [1.54, 1.807) is 10.8 Å². The van der Waals surface area contributed by atoms with E-state index < -0.39 is 11.6 Å². The van der Waals surface area contributed by atoms with Gasteiger partial charge in [0.1, 0.15) is 22.9 Å². The standard InChI is InChI=1S/C43H24F2N3O.C11H8N.Ir/c44-32-24-27(26-12-2-1-3-13-26)25-33(45)41(32)48-37-20-10-7-17-34(37)46-43(48)31-22-23-38(40-30-16-6-11-21-39(30)49-42(31)40)47-35-18-8-4-14-28(35)29-15-5-9-19-36(29)47;1-2-6-10(7-3-1)11-8-4-5-9-12-11;/h1-21,23-25H;1-6,8-9H;/q2*-1;. The number of imidazole rings is 1. The minimum atomic E-state index is -0.703. The minimum Gasteiger partial charge on any atom is -0.500 e. The van der Waals surface area contributed by atoms with E-state index in [2.05, 4.69) is 45.9 Å². The van der Waals surface area contributed by atoms with Gasteiger partial charge in [-0.25, -0.2) is 8.78 Å². The summed E-state index contributed by atoms with van der Waals surface area (Å²) in [6, 6.07) is 66.1. The van der Waals surface area contributed by atoms with E-state index in [0.717, 1.165) is 55.1 Å². The van der Waals surface area contributed by atoms with Crippen molar-refractivity contribution in [1.82, 2.24) is 19.1 Å². The maximum absolute atomic E-state index is 16.3. The molecule has 12 aromatic rings. The van der Waals surface area contributed by atoms with Crippen molar-refractivity contribution in [1.29, 1.82) is 0 Å². The molecule has 0 saturated carbocycles. The van der Waals surface area contributed by atoms with Crippen LogP contribution < -0.4 is 0 Å². The third-order valence-electron chi connectivity index (χ3n) is 11.0. The molecule has 0 aliphatic carbocycles. The average Bonchev–Trinajstić information content (AvgIpc) is 4.00. The van der Waals surface area contributed by atoms with Gasteiger partial charge in [-0.2, -0.15) is 0 Å². The van der Waals surface area contributed by atoms with E-state index in [4.69, 9.17) is 9.40 Å². The van der Waals surface area contributed by atoms with Crippen LogP contribution in [0.5, 0.6) is 0 Å². The number of rotatable bonds is 5. The van der Waals surface area contributed by atoms with Gasteiger partial charge in [0.25, 0.3) is 0 Å². The van der Waals surface area contributed by atoms with Crippen molar-refractivity contribution in [3.05, 3.63) is 218 Å². The Hall–Kier alpha value is -7.51. The molecule has 5 nitrogen and oxygen atoms in total. The number of furan rings is 1. The number of aromatic nitrogens is 4. The SMILES string of the molecule is Fc1cc(-c2ccccc2)cc(F)c1-n1c(-c2[c-]cc(-n3c4ccccc4c4ccccc43)c3c2oc2ccccc23)nc2ccccc21.[Ir].[c-]1ccccc1-c1ccccn1. The number of pyridine rings is 1. The molecule has 0 atom stereocenters. The monoisotopic (exact) mass is 983 g/mol. The Morgan fingerprint density at radius 1 is 0.548 bits per heavy atom. The average molecular weight is 983 g/mol. The van der Waals surface area contributed by atoms with Crippen LogP contribution in [0.1, 0.15) is 0 Å². The van der Waals surface area contributed by atoms with Crippen LogP contribution in [0.25, 0.3) is 99.9 Å². The predicted octanol–water partition coefficient (Wildman–Crippen LogP) is 14.0. The maximum atomic E-state index is 16.3. The summed E-state index contributed by atoms with van der Waals surface area (Å²) in [4.78, 5) is 9.18. The zero-order chi connectivity index (χ0) is 40.9. The van der Waals surface area contributed by atoms with Gasteiger partial charge in [-0.3, -0.25) is 4.98 Å². The Morgan fingerprint density at radius 3 is 1.87 bits per heavy atom. The van der Waals surface area contributed by atoms with Crippen LogP contribution >= 0.6 is 0 Å². The first kappa shape index (κ1) is 38.7. The molecular formula is C54H32F2IrN4O-2. The van der Waals surface area contributed by atoms with E-state index in [-0.39, 0.29) is 25.8 Å². The summed E-state index contributed by atoms with van der Waals surface area (Å²) in [6.45, 7) is 0. The molecule has 0 saturated heterocycles. The van der Waals surface area contributed by atoms with Crippen molar-refractivity contribution in [2.24, 2.45) is 0 Å². The Kier molecular flexibility index (Phi) is 10.1. The molecule has 8 aromatic carbocycles. The van der Waals surface area contributed by atoms with E-state index in [0.29, 0.717) is 39.2 Å². The Bertz CT molecular complexity index is 3450. The summed E-state index contributed by atoms with van der Waals surface area (Å²) in [5.41, 5.74) is 8.81. The van der Waals surface area contributed by atoms with Gasteiger partial charge in [0.2, 0.25) is 0 Å². The van der Waals surface area contributed by atoms with Gasteiger partial charge in [-0.05, 0) is 76.4 Å². The second kappa shape index (κ2) is 16.2. The molecule has 4 aromatic heterocycles. The number of hydrogen-bond donors (Lipinski definition) is 0. The van der Waals surface area contributed by atoms with Crippen molar-refractivity contribution in [3.8, 4) is 45.1 Å². The molecule has 0 unspecified atom stereocenters. The Balaban J connectivity index is 0.000000305. The number of para-hydroxylation sites is 5. The van der Waals surface area contributed by atoms with Gasteiger partial charge in [-0.1, -0.05) is 115 Å². The van der Waals surface area contributed by atoms with Crippen LogP contribution in [0.3, 0.4) is 0 Å². The van der Waals surface area contributed by atoms with Crippen molar-refractivity contribution < 1.29 is 33.3 Å². The van der Waals surface area contributed by atoms with E-state index in [1.807, 2.05) is 152 Å². The van der Waals surface area contributed by atoms with Crippen molar-refractivity contribution in [2.75, 3.05) is 0 Å². The third kappa shape index (κ3) is 6.57. The van der Waals surface area contributed by atoms with Crippen molar-refractivity contribution in [2.45, 2.75) is 0 Å². The molecule has 1 radical (unpaired) electrons. The van der Waals surface area contributed by atoms with Crippen LogP contribution in [0.4, 0.5) is 8.78 Å². The second-order valence-electron chi connectivity index (χ2n) is 14.6. The molecule has 0 bridgehead atoms. The summed E-state index contributed by atoms with van der Waals surface area (Å²) in [5.74, 6) is -1.08. The van der Waals surface area contributed by atoms with Gasteiger partial charge in [0.05, 0.1) is 22.4 Å². The summed E-state index contributed by atoms with van der Waals surface area (Å²) >= 11 is 0. The molecular weight excluding hydrogens is 951 g/mol. The zero-order valence-electron chi connectivity index (χ0n) is 32.8. The van der Waals surface area contributed by atoms with E-state index in [9.17, 15) is 0 Å². The number of benzene rings is 8. The topological polar surface area (TPSA) is 48.8 Å². The molecule has 8 heteroatoms. The molecule has 0 N–H and O–H groups in total. The number of fused-ring (bicyclic) bond motifs is 7. The smallest absolute Gasteiger partial charge is 0.150 e. The summed E-state index contributed by atoms with van der Waals surface area (Å²) in [6.07, 6.45) is 1.79. The molecule has 0 amide bonds. The Labute approximate surface area is 368 Å². The molecule has 0 spiro atoms. The normalized spacial score (nSPS) is 11.3. The fraction of sp³-hybridized carbons (Fsp3) is 0. The second-order valence-corrected chi connectivity index (χ2v) is 14.6. The summed E-state index contributed by atoms with van der Waals surface area (Å²) in [5, 5.41) is 4.04. The van der Waals surface area contributed by atoms with Crippen LogP contribution in [0.2, 0.25) is 0 Å². The fourth-order valence-corrected chi connectivity index (χ4v) is 8.35. The Morgan fingerprint density at radius 2 is 1.18 bits per heavy atom. The number of nitrogens with zero attached hydrogens (tertiary/aromatic N) is 4. The van der Waals surface area contributed by atoms with Gasteiger partial charge >= 0.3 is 0 Å². The van der Waals surface area contributed by atoms with Crippen LogP contribution in [-0.2, 0) is 20.1 Å². The van der Waals surface area contributed by atoms with Crippen LogP contribution in [0, 0.1) is 23.8 Å². The molecule has 0 fully saturated rings. The first-order chi connectivity index (χ1) is 30.1. The largest absolute Gasteiger partial charge is 0.500 e. The fourth-order valence-electron chi connectivity index (χ4n) is 8.35. The van der Waals surface area contributed by atoms with Crippen molar-refractivity contribution in [3.63, 3.8) is 0 Å². The first-order valence-corrected chi connectivity index (χ1v) is 19.9.